The Labute approximate surface area is 117 Å². The molecule has 1 saturated heterocycles. The van der Waals surface area contributed by atoms with Crippen molar-refractivity contribution in [1.29, 1.82) is 0 Å². The molecule has 1 aromatic carbocycles. The smallest absolute Gasteiger partial charge is 0.256 e. The van der Waals surface area contributed by atoms with Crippen molar-refractivity contribution in [2.45, 2.75) is 19.4 Å². The van der Waals surface area contributed by atoms with Crippen molar-refractivity contribution >= 4 is 11.6 Å². The van der Waals surface area contributed by atoms with Crippen LogP contribution in [0, 0.1) is 11.7 Å². The van der Waals surface area contributed by atoms with Crippen molar-refractivity contribution < 1.29 is 13.9 Å². The van der Waals surface area contributed by atoms with E-state index in [1.54, 1.807) is 18.1 Å². The number of nitrogens with two attached hydrogens (primary N) is 1. The molecule has 0 spiro atoms. The minimum atomic E-state index is -0.535. The number of nitrogens with zero attached hydrogens (tertiary/aromatic N) is 1. The van der Waals surface area contributed by atoms with Crippen molar-refractivity contribution in [2.75, 3.05) is 25.6 Å². The molecule has 1 aromatic rings. The van der Waals surface area contributed by atoms with Gasteiger partial charge in [-0.05, 0) is 24.5 Å². The molecule has 6 heteroatoms. The molecule has 0 aliphatic carbocycles. The maximum atomic E-state index is 13.6. The Bertz CT molecular complexity index is 495. The largest absolute Gasteiger partial charge is 0.379 e. The second-order valence-corrected chi connectivity index (χ2v) is 5.10. The molecule has 110 valence electrons. The number of nitrogens with one attached hydrogen (secondary N) is 1. The van der Waals surface area contributed by atoms with E-state index in [0.717, 1.165) is 6.42 Å². The lowest BCUT2D eigenvalue weighted by molar-refractivity contribution is -0.00154. The quantitative estimate of drug-likeness (QED) is 0.652. The molecule has 2 atom stereocenters. The van der Waals surface area contributed by atoms with Gasteiger partial charge >= 0.3 is 0 Å². The Morgan fingerprint density at radius 2 is 2.30 bits per heavy atom. The number of amides is 1. The molecule has 2 unspecified atom stereocenters. The van der Waals surface area contributed by atoms with Gasteiger partial charge in [-0.1, -0.05) is 13.0 Å². The van der Waals surface area contributed by atoms with Gasteiger partial charge in [-0.15, -0.1) is 0 Å². The van der Waals surface area contributed by atoms with Crippen molar-refractivity contribution in [3.63, 3.8) is 0 Å². The summed E-state index contributed by atoms with van der Waals surface area (Å²) in [7, 11) is 1.64. The lowest BCUT2D eigenvalue weighted by Crippen LogP contribution is -2.46. The van der Waals surface area contributed by atoms with E-state index in [2.05, 4.69) is 12.3 Å². The highest BCUT2D eigenvalue weighted by Gasteiger charge is 2.30. The fraction of sp³-hybridized carbons (Fsp3) is 0.500. The van der Waals surface area contributed by atoms with Crippen LogP contribution in [0.5, 0.6) is 0 Å². The zero-order chi connectivity index (χ0) is 14.7. The average Bonchev–Trinajstić information content (AvgIpc) is 2.46. The second-order valence-electron chi connectivity index (χ2n) is 5.10. The van der Waals surface area contributed by atoms with Crippen molar-refractivity contribution in [3.8, 4) is 0 Å². The van der Waals surface area contributed by atoms with E-state index in [4.69, 9.17) is 10.6 Å². The summed E-state index contributed by atoms with van der Waals surface area (Å²) < 4.78 is 19.0. The Balaban J connectivity index is 2.22. The molecular weight excluding hydrogens is 261 g/mol. The van der Waals surface area contributed by atoms with Crippen LogP contribution in [0.1, 0.15) is 23.7 Å². The number of hydrazine groups is 1. The summed E-state index contributed by atoms with van der Waals surface area (Å²) in [4.78, 5) is 14.2. The molecule has 1 amide bonds. The number of methoxy groups -OCH3 is 1. The van der Waals surface area contributed by atoms with Crippen LogP contribution in [0.2, 0.25) is 0 Å². The number of benzene rings is 1. The predicted molar refractivity (Wildman–Crippen MR) is 74.7 cm³/mol. The third-order valence-electron chi connectivity index (χ3n) is 3.87. The molecule has 1 fully saturated rings. The summed E-state index contributed by atoms with van der Waals surface area (Å²) in [5.74, 6) is 4.95. The zero-order valence-corrected chi connectivity index (χ0v) is 11.7. The fourth-order valence-corrected chi connectivity index (χ4v) is 2.54. The number of likely N-dealkylation sites (tertiary alicyclic amines) is 1. The zero-order valence-electron chi connectivity index (χ0n) is 11.7. The van der Waals surface area contributed by atoms with Gasteiger partial charge in [-0.3, -0.25) is 10.6 Å². The summed E-state index contributed by atoms with van der Waals surface area (Å²) in [6, 6.07) is 4.34. The number of rotatable bonds is 3. The van der Waals surface area contributed by atoms with E-state index in [9.17, 15) is 9.18 Å². The number of carbonyl (C=O) groups excluding carboxylic acids is 1. The van der Waals surface area contributed by atoms with Gasteiger partial charge in [0.15, 0.2) is 0 Å². The Kier molecular flexibility index (Phi) is 4.57. The van der Waals surface area contributed by atoms with E-state index in [-0.39, 0.29) is 23.3 Å². The number of ether oxygens (including phenoxy) is 1. The average molecular weight is 281 g/mol. The molecule has 1 aliphatic rings. The second kappa shape index (κ2) is 6.19. The molecule has 3 N–H and O–H groups in total. The van der Waals surface area contributed by atoms with Gasteiger partial charge in [-0.25, -0.2) is 4.39 Å². The van der Waals surface area contributed by atoms with E-state index < -0.39 is 5.82 Å². The number of hydrogen-bond acceptors (Lipinski definition) is 4. The molecule has 2 rings (SSSR count). The molecule has 1 aliphatic heterocycles. The van der Waals surface area contributed by atoms with Crippen LogP contribution in [0.3, 0.4) is 0 Å². The molecule has 20 heavy (non-hydrogen) atoms. The minimum Gasteiger partial charge on any atom is -0.379 e. The topological polar surface area (TPSA) is 67.6 Å². The third kappa shape index (κ3) is 2.76. The number of para-hydroxylation sites is 1. The lowest BCUT2D eigenvalue weighted by Gasteiger charge is -2.36. The van der Waals surface area contributed by atoms with Crippen LogP contribution >= 0.6 is 0 Å². The van der Waals surface area contributed by atoms with Crippen molar-refractivity contribution in [1.82, 2.24) is 4.90 Å². The van der Waals surface area contributed by atoms with Gasteiger partial charge in [0.2, 0.25) is 0 Å². The highest BCUT2D eigenvalue weighted by atomic mass is 19.1. The first-order valence-corrected chi connectivity index (χ1v) is 6.65. The number of piperidine rings is 1. The van der Waals surface area contributed by atoms with Gasteiger partial charge < -0.3 is 15.1 Å². The number of hydrogen-bond donors (Lipinski definition) is 2. The Morgan fingerprint density at radius 1 is 1.55 bits per heavy atom. The summed E-state index contributed by atoms with van der Waals surface area (Å²) in [6.45, 7) is 3.25. The minimum absolute atomic E-state index is 0.00976. The van der Waals surface area contributed by atoms with Crippen LogP contribution < -0.4 is 11.3 Å². The van der Waals surface area contributed by atoms with Crippen LogP contribution in [-0.2, 0) is 4.74 Å². The highest BCUT2D eigenvalue weighted by molar-refractivity contribution is 5.99. The SMILES string of the molecule is COC1CN(C(=O)c2cccc(F)c2NN)CCC1C. The van der Waals surface area contributed by atoms with Crippen LogP contribution in [0.4, 0.5) is 10.1 Å². The van der Waals surface area contributed by atoms with Gasteiger partial charge in [0.25, 0.3) is 5.91 Å². The normalized spacial score (nSPS) is 22.7. The fourth-order valence-electron chi connectivity index (χ4n) is 2.54. The number of halogens is 1. The number of nitrogen functional groups attached to an aromatic ring is 1. The molecule has 0 saturated carbocycles. The lowest BCUT2D eigenvalue weighted by atomic mass is 9.95. The molecule has 5 nitrogen and oxygen atoms in total. The molecular formula is C14H20FN3O2. The van der Waals surface area contributed by atoms with Crippen LogP contribution in [0.15, 0.2) is 18.2 Å². The summed E-state index contributed by atoms with van der Waals surface area (Å²) >= 11 is 0. The van der Waals surface area contributed by atoms with E-state index in [1.807, 2.05) is 0 Å². The van der Waals surface area contributed by atoms with Gasteiger partial charge in [0, 0.05) is 20.2 Å². The van der Waals surface area contributed by atoms with Crippen molar-refractivity contribution in [3.05, 3.63) is 29.6 Å². The van der Waals surface area contributed by atoms with Gasteiger partial charge in [0.1, 0.15) is 5.82 Å². The first-order chi connectivity index (χ1) is 9.58. The Hall–Kier alpha value is -1.66. The first kappa shape index (κ1) is 14.7. The summed E-state index contributed by atoms with van der Waals surface area (Å²) in [5, 5.41) is 0. The molecule has 1 heterocycles. The van der Waals surface area contributed by atoms with Crippen LogP contribution in [0.25, 0.3) is 0 Å². The summed E-state index contributed by atoms with van der Waals surface area (Å²) in [6.07, 6.45) is 0.876. The van der Waals surface area contributed by atoms with Crippen LogP contribution in [-0.4, -0.2) is 37.1 Å². The standard InChI is InChI=1S/C14H20FN3O2/c1-9-6-7-18(8-12(9)20-2)14(19)10-4-3-5-11(15)13(10)17-16/h3-5,9,12,17H,6-8,16H2,1-2H3. The predicted octanol–water partition coefficient (Wildman–Crippen LogP) is 1.61. The van der Waals surface area contributed by atoms with E-state index in [1.165, 1.54) is 12.1 Å². The van der Waals surface area contributed by atoms with Gasteiger partial charge in [0.05, 0.1) is 17.4 Å². The van der Waals surface area contributed by atoms with E-state index >= 15 is 0 Å². The van der Waals surface area contributed by atoms with Crippen molar-refractivity contribution in [2.24, 2.45) is 11.8 Å². The van der Waals surface area contributed by atoms with E-state index in [0.29, 0.717) is 19.0 Å². The maximum absolute atomic E-state index is 13.6. The molecule has 0 bridgehead atoms. The number of carbonyl (C=O) groups is 1. The molecule has 0 radical (unpaired) electrons. The number of anilines is 1. The monoisotopic (exact) mass is 281 g/mol. The van der Waals surface area contributed by atoms with Gasteiger partial charge in [-0.2, -0.15) is 0 Å². The Morgan fingerprint density at radius 3 is 2.95 bits per heavy atom. The first-order valence-electron chi connectivity index (χ1n) is 6.65. The molecule has 0 aromatic heterocycles. The highest BCUT2D eigenvalue weighted by Crippen LogP contribution is 2.24. The third-order valence-corrected chi connectivity index (χ3v) is 3.87. The maximum Gasteiger partial charge on any atom is 0.256 e. The summed E-state index contributed by atoms with van der Waals surface area (Å²) in [5.41, 5.74) is 2.54.